The van der Waals surface area contributed by atoms with Crippen LogP contribution in [-0.4, -0.2) is 36.4 Å². The number of aliphatic carboxylic acids is 1. The summed E-state index contributed by atoms with van der Waals surface area (Å²) in [6, 6.07) is 4.41. The molecule has 2 N–H and O–H groups in total. The molecule has 116 valence electrons. The van der Waals surface area contributed by atoms with Gasteiger partial charge in [-0.2, -0.15) is 12.7 Å². The number of anilines is 1. The molecule has 1 unspecified atom stereocenters. The molecule has 1 aromatic rings. The first-order valence-electron chi connectivity index (χ1n) is 6.91. The number of carboxylic acid groups (broad SMARTS) is 1. The maximum absolute atomic E-state index is 12.5. The minimum Gasteiger partial charge on any atom is -0.480 e. The highest BCUT2D eigenvalue weighted by molar-refractivity contribution is 7.90. The van der Waals surface area contributed by atoms with E-state index in [1.54, 1.807) is 6.07 Å². The van der Waals surface area contributed by atoms with Crippen molar-refractivity contribution < 1.29 is 18.3 Å². The highest BCUT2D eigenvalue weighted by Crippen LogP contribution is 2.24. The number of carboxylic acids is 1. The van der Waals surface area contributed by atoms with Crippen LogP contribution in [0.1, 0.15) is 30.4 Å². The topological polar surface area (TPSA) is 86.7 Å². The molecule has 0 bridgehead atoms. The molecule has 0 saturated carbocycles. The molecule has 0 spiro atoms. The summed E-state index contributed by atoms with van der Waals surface area (Å²) in [5.41, 5.74) is 2.33. The lowest BCUT2D eigenvalue weighted by atomic mass is 10.1. The number of nitrogens with one attached hydrogen (secondary N) is 1. The molecule has 1 atom stereocenters. The standard InChI is InChI=1S/C14H20N2O4S/c1-10-6-7-12(11(2)9-10)15-21(19,20)16-8-4-3-5-13(16)14(17)18/h6-7,9,13,15H,3-5,8H2,1-2H3,(H,17,18). The lowest BCUT2D eigenvalue weighted by molar-refractivity contribution is -0.142. The molecule has 1 saturated heterocycles. The molecule has 1 heterocycles. The van der Waals surface area contributed by atoms with Gasteiger partial charge in [-0.15, -0.1) is 0 Å². The predicted octanol–water partition coefficient (Wildman–Crippen LogP) is 1.90. The molecule has 2 rings (SSSR count). The normalized spacial score (nSPS) is 20.2. The molecule has 7 heteroatoms. The van der Waals surface area contributed by atoms with Crippen LogP contribution >= 0.6 is 0 Å². The van der Waals surface area contributed by atoms with Crippen molar-refractivity contribution in [2.45, 2.75) is 39.2 Å². The average Bonchev–Trinajstić information content (AvgIpc) is 2.42. The molecular weight excluding hydrogens is 292 g/mol. The van der Waals surface area contributed by atoms with Gasteiger partial charge in [-0.25, -0.2) is 0 Å². The SMILES string of the molecule is Cc1ccc(NS(=O)(=O)N2CCCCC2C(=O)O)c(C)c1. The van der Waals surface area contributed by atoms with Crippen LogP contribution in [0, 0.1) is 13.8 Å². The fraction of sp³-hybridized carbons (Fsp3) is 0.500. The second-order valence-corrected chi connectivity index (χ2v) is 7.01. The minimum absolute atomic E-state index is 0.233. The number of hydrogen-bond donors (Lipinski definition) is 2. The van der Waals surface area contributed by atoms with Crippen LogP contribution in [0.2, 0.25) is 0 Å². The van der Waals surface area contributed by atoms with E-state index in [0.717, 1.165) is 21.9 Å². The van der Waals surface area contributed by atoms with Crippen LogP contribution in [0.3, 0.4) is 0 Å². The Kier molecular flexibility index (Phi) is 4.53. The molecule has 21 heavy (non-hydrogen) atoms. The molecule has 0 aromatic heterocycles. The molecule has 1 fully saturated rings. The molecule has 0 aliphatic carbocycles. The largest absolute Gasteiger partial charge is 0.480 e. The van der Waals surface area contributed by atoms with Gasteiger partial charge in [0.1, 0.15) is 6.04 Å². The third kappa shape index (κ3) is 3.54. The molecular formula is C14H20N2O4S. The van der Waals surface area contributed by atoms with Crippen LogP contribution < -0.4 is 4.72 Å². The third-order valence-electron chi connectivity index (χ3n) is 3.67. The van der Waals surface area contributed by atoms with Gasteiger partial charge in [-0.05, 0) is 44.7 Å². The van der Waals surface area contributed by atoms with Crippen LogP contribution in [0.25, 0.3) is 0 Å². The van der Waals surface area contributed by atoms with Crippen LogP contribution in [-0.2, 0) is 15.0 Å². The number of nitrogens with zero attached hydrogens (tertiary/aromatic N) is 1. The zero-order valence-corrected chi connectivity index (χ0v) is 13.0. The van der Waals surface area contributed by atoms with E-state index in [0.29, 0.717) is 18.5 Å². The number of hydrogen-bond acceptors (Lipinski definition) is 3. The van der Waals surface area contributed by atoms with Crippen molar-refractivity contribution in [1.29, 1.82) is 0 Å². The lowest BCUT2D eigenvalue weighted by Crippen LogP contribution is -2.50. The molecule has 1 aliphatic heterocycles. The van der Waals surface area contributed by atoms with Crippen molar-refractivity contribution >= 4 is 21.9 Å². The first kappa shape index (κ1) is 15.8. The second-order valence-electron chi connectivity index (χ2n) is 5.39. The van der Waals surface area contributed by atoms with E-state index in [-0.39, 0.29) is 6.54 Å². The summed E-state index contributed by atoms with van der Waals surface area (Å²) in [6.45, 7) is 3.98. The van der Waals surface area contributed by atoms with Crippen molar-refractivity contribution in [2.75, 3.05) is 11.3 Å². The summed E-state index contributed by atoms with van der Waals surface area (Å²) >= 11 is 0. The quantitative estimate of drug-likeness (QED) is 0.889. The van der Waals surface area contributed by atoms with Crippen molar-refractivity contribution in [3.05, 3.63) is 29.3 Å². The van der Waals surface area contributed by atoms with E-state index in [2.05, 4.69) is 4.72 Å². The van der Waals surface area contributed by atoms with E-state index in [9.17, 15) is 18.3 Å². The van der Waals surface area contributed by atoms with Gasteiger partial charge in [0.25, 0.3) is 0 Å². The Bertz CT molecular complexity index is 642. The van der Waals surface area contributed by atoms with Gasteiger partial charge in [-0.1, -0.05) is 17.7 Å². The molecule has 1 aromatic carbocycles. The van der Waals surface area contributed by atoms with E-state index in [4.69, 9.17) is 0 Å². The first-order valence-corrected chi connectivity index (χ1v) is 8.35. The van der Waals surface area contributed by atoms with Crippen LogP contribution in [0.4, 0.5) is 5.69 Å². The fourth-order valence-electron chi connectivity index (χ4n) is 2.57. The number of rotatable bonds is 4. The lowest BCUT2D eigenvalue weighted by Gasteiger charge is -2.32. The van der Waals surface area contributed by atoms with Crippen molar-refractivity contribution in [2.24, 2.45) is 0 Å². The second kappa shape index (κ2) is 6.03. The van der Waals surface area contributed by atoms with E-state index >= 15 is 0 Å². The number of aryl methyl sites for hydroxylation is 2. The monoisotopic (exact) mass is 312 g/mol. The Morgan fingerprint density at radius 1 is 1.33 bits per heavy atom. The number of piperidine rings is 1. The zero-order valence-electron chi connectivity index (χ0n) is 12.2. The van der Waals surface area contributed by atoms with Gasteiger partial charge in [0, 0.05) is 6.54 Å². The highest BCUT2D eigenvalue weighted by atomic mass is 32.2. The van der Waals surface area contributed by atoms with Crippen molar-refractivity contribution in [1.82, 2.24) is 4.31 Å². The van der Waals surface area contributed by atoms with Gasteiger partial charge >= 0.3 is 16.2 Å². The van der Waals surface area contributed by atoms with Crippen LogP contribution in [0.15, 0.2) is 18.2 Å². The summed E-state index contributed by atoms with van der Waals surface area (Å²) in [4.78, 5) is 11.2. The molecule has 0 radical (unpaired) electrons. The van der Waals surface area contributed by atoms with Crippen LogP contribution in [0.5, 0.6) is 0 Å². The third-order valence-corrected chi connectivity index (χ3v) is 5.20. The Hall–Kier alpha value is -1.60. The summed E-state index contributed by atoms with van der Waals surface area (Å²) < 4.78 is 28.5. The zero-order chi connectivity index (χ0) is 15.6. The number of carbonyl (C=O) groups is 1. The Labute approximate surface area is 125 Å². The molecule has 6 nitrogen and oxygen atoms in total. The maximum atomic E-state index is 12.5. The van der Waals surface area contributed by atoms with Gasteiger partial charge in [0.15, 0.2) is 0 Å². The summed E-state index contributed by atoms with van der Waals surface area (Å²) in [6.07, 6.45) is 1.76. The molecule has 1 aliphatic rings. The average molecular weight is 312 g/mol. The smallest absolute Gasteiger partial charge is 0.322 e. The van der Waals surface area contributed by atoms with Gasteiger partial charge in [0.05, 0.1) is 5.69 Å². The fourth-order valence-corrected chi connectivity index (χ4v) is 4.09. The summed E-state index contributed by atoms with van der Waals surface area (Å²) in [7, 11) is -3.86. The van der Waals surface area contributed by atoms with E-state index in [1.807, 2.05) is 26.0 Å². The molecule has 0 amide bonds. The predicted molar refractivity (Wildman–Crippen MR) is 80.4 cm³/mol. The highest BCUT2D eigenvalue weighted by Gasteiger charge is 2.36. The minimum atomic E-state index is -3.86. The van der Waals surface area contributed by atoms with Gasteiger partial charge < -0.3 is 5.11 Å². The maximum Gasteiger partial charge on any atom is 0.322 e. The Morgan fingerprint density at radius 3 is 2.67 bits per heavy atom. The number of benzene rings is 1. The van der Waals surface area contributed by atoms with Gasteiger partial charge in [-0.3, -0.25) is 9.52 Å². The van der Waals surface area contributed by atoms with E-state index < -0.39 is 22.2 Å². The summed E-state index contributed by atoms with van der Waals surface area (Å²) in [5.74, 6) is -1.10. The Balaban J connectivity index is 2.26. The van der Waals surface area contributed by atoms with Crippen molar-refractivity contribution in [3.8, 4) is 0 Å². The summed E-state index contributed by atoms with van der Waals surface area (Å²) in [5, 5.41) is 9.20. The first-order chi connectivity index (χ1) is 9.81. The van der Waals surface area contributed by atoms with Gasteiger partial charge in [0.2, 0.25) is 0 Å². The van der Waals surface area contributed by atoms with E-state index in [1.165, 1.54) is 0 Å². The van der Waals surface area contributed by atoms with Crippen molar-refractivity contribution in [3.63, 3.8) is 0 Å². The Morgan fingerprint density at radius 2 is 2.05 bits per heavy atom.